The summed E-state index contributed by atoms with van der Waals surface area (Å²) in [5.41, 5.74) is -2.85. The molecule has 0 radical (unpaired) electrons. The first-order chi connectivity index (χ1) is 20.9. The van der Waals surface area contributed by atoms with E-state index in [9.17, 15) is 27.3 Å². The molecule has 0 amide bonds. The standard InChI is InChI=1S/C26H21F3N7O7P/c27-26(28,29)16-2-1-3-17(10-16)36-22-18(23(37)35(25(36)38)14-43-44(39,40)41)13-30-20-5-4-19(33-21(20)22)15-11-31-24(32-12-15)34-6-8-42-9-7-34/h1-5,10-13H,6-9,14H2,(H2,39,40,41). The molecule has 18 heteroatoms. The summed E-state index contributed by atoms with van der Waals surface area (Å²) in [5, 5.41) is -0.271. The van der Waals surface area contributed by atoms with Crippen molar-refractivity contribution in [3.63, 3.8) is 0 Å². The average Bonchev–Trinajstić information content (AvgIpc) is 3.00. The van der Waals surface area contributed by atoms with E-state index in [0.717, 1.165) is 22.9 Å². The molecule has 2 N–H and O–H groups in total. The van der Waals surface area contributed by atoms with Crippen LogP contribution in [0.3, 0.4) is 0 Å². The molecule has 1 aliphatic heterocycles. The van der Waals surface area contributed by atoms with E-state index in [2.05, 4.69) is 24.5 Å². The van der Waals surface area contributed by atoms with Gasteiger partial charge in [0.2, 0.25) is 5.95 Å². The minimum Gasteiger partial charge on any atom is -0.378 e. The summed E-state index contributed by atoms with van der Waals surface area (Å²) in [7, 11) is -5.15. The van der Waals surface area contributed by atoms with Crippen LogP contribution in [0.4, 0.5) is 19.1 Å². The minimum absolute atomic E-state index is 0.00748. The third-order valence-corrected chi connectivity index (χ3v) is 7.27. The second-order valence-electron chi connectivity index (χ2n) is 9.60. The van der Waals surface area contributed by atoms with Crippen LogP contribution >= 0.6 is 7.82 Å². The van der Waals surface area contributed by atoms with Crippen LogP contribution in [0.2, 0.25) is 0 Å². The summed E-state index contributed by atoms with van der Waals surface area (Å²) in [5.74, 6) is 0.487. The lowest BCUT2D eigenvalue weighted by Crippen LogP contribution is -2.40. The van der Waals surface area contributed by atoms with E-state index < -0.39 is 37.5 Å². The molecule has 5 aromatic rings. The molecule has 0 atom stereocenters. The molecule has 0 bridgehead atoms. The highest BCUT2D eigenvalue weighted by atomic mass is 31.2. The number of alkyl halides is 3. The van der Waals surface area contributed by atoms with Crippen molar-refractivity contribution in [3.05, 3.63) is 81.4 Å². The molecule has 0 aliphatic carbocycles. The normalized spacial score (nSPS) is 14.4. The highest BCUT2D eigenvalue weighted by Gasteiger charge is 2.31. The molecule has 0 unspecified atom stereocenters. The molecular formula is C26H21F3N7O7P. The Bertz CT molecular complexity index is 2060. The van der Waals surface area contributed by atoms with E-state index in [0.29, 0.717) is 54.1 Å². The summed E-state index contributed by atoms with van der Waals surface area (Å²) >= 11 is 0. The number of ether oxygens (including phenoxy) is 1. The van der Waals surface area contributed by atoms with Crippen LogP contribution in [0.25, 0.3) is 38.9 Å². The fourth-order valence-corrected chi connectivity index (χ4v) is 5.00. The van der Waals surface area contributed by atoms with Crippen molar-refractivity contribution >= 4 is 35.7 Å². The van der Waals surface area contributed by atoms with E-state index >= 15 is 0 Å². The maximum absolute atomic E-state index is 13.7. The van der Waals surface area contributed by atoms with E-state index in [4.69, 9.17) is 14.5 Å². The van der Waals surface area contributed by atoms with Crippen LogP contribution in [-0.2, 0) is 26.7 Å². The van der Waals surface area contributed by atoms with Gasteiger partial charge in [-0.2, -0.15) is 13.2 Å². The number of hydrogen-bond donors (Lipinski definition) is 2. The van der Waals surface area contributed by atoms with Crippen molar-refractivity contribution < 1.29 is 36.8 Å². The number of halogens is 3. The van der Waals surface area contributed by atoms with E-state index in [-0.39, 0.29) is 27.6 Å². The summed E-state index contributed by atoms with van der Waals surface area (Å²) in [6, 6.07) is 6.96. The number of benzene rings is 1. The SMILES string of the molecule is O=c1c2cnc3ccc(-c4cnc(N5CCOCC5)nc4)nc3c2n(-c2cccc(C(F)(F)F)c2)c(=O)n1COP(=O)(O)O. The Morgan fingerprint density at radius 1 is 1.00 bits per heavy atom. The Morgan fingerprint density at radius 3 is 2.41 bits per heavy atom. The highest BCUT2D eigenvalue weighted by molar-refractivity contribution is 7.46. The van der Waals surface area contributed by atoms with Gasteiger partial charge in [-0.3, -0.25) is 18.9 Å². The molecule has 1 aliphatic rings. The number of anilines is 1. The van der Waals surface area contributed by atoms with Gasteiger partial charge in [0.15, 0.2) is 0 Å². The topological polar surface area (TPSA) is 175 Å². The van der Waals surface area contributed by atoms with Gasteiger partial charge in [-0.1, -0.05) is 6.07 Å². The maximum Gasteiger partial charge on any atom is 0.471 e. The van der Waals surface area contributed by atoms with Gasteiger partial charge in [0.05, 0.1) is 46.6 Å². The number of aromatic nitrogens is 6. The number of morpholine rings is 1. The van der Waals surface area contributed by atoms with Crippen molar-refractivity contribution in [2.24, 2.45) is 0 Å². The zero-order chi connectivity index (χ0) is 31.2. The van der Waals surface area contributed by atoms with Crippen LogP contribution in [0, 0.1) is 0 Å². The largest absolute Gasteiger partial charge is 0.471 e. The van der Waals surface area contributed by atoms with Gasteiger partial charge in [0.25, 0.3) is 5.56 Å². The van der Waals surface area contributed by atoms with E-state index in [1.54, 1.807) is 12.1 Å². The van der Waals surface area contributed by atoms with Gasteiger partial charge in [-0.15, -0.1) is 0 Å². The van der Waals surface area contributed by atoms with E-state index in [1.807, 2.05) is 4.90 Å². The summed E-state index contributed by atoms with van der Waals surface area (Å²) in [6.07, 6.45) is -0.595. The van der Waals surface area contributed by atoms with Crippen molar-refractivity contribution in [1.82, 2.24) is 29.1 Å². The van der Waals surface area contributed by atoms with Crippen molar-refractivity contribution in [2.45, 2.75) is 12.9 Å². The fourth-order valence-electron chi connectivity index (χ4n) is 4.73. The first-order valence-electron chi connectivity index (χ1n) is 12.9. The number of fused-ring (bicyclic) bond motifs is 3. The van der Waals surface area contributed by atoms with Crippen molar-refractivity contribution in [3.8, 4) is 16.9 Å². The van der Waals surface area contributed by atoms with Crippen LogP contribution < -0.4 is 16.1 Å². The Labute approximate surface area is 244 Å². The quantitative estimate of drug-likeness (QED) is 0.207. The Morgan fingerprint density at radius 2 is 1.73 bits per heavy atom. The third kappa shape index (κ3) is 5.70. The summed E-state index contributed by atoms with van der Waals surface area (Å²) in [4.78, 5) is 65.0. The molecule has 0 spiro atoms. The van der Waals surface area contributed by atoms with Crippen LogP contribution in [-0.4, -0.2) is 65.2 Å². The molecule has 1 aromatic carbocycles. The third-order valence-electron chi connectivity index (χ3n) is 6.82. The smallest absolute Gasteiger partial charge is 0.378 e. The van der Waals surface area contributed by atoms with E-state index in [1.165, 1.54) is 18.5 Å². The molecule has 14 nitrogen and oxygen atoms in total. The molecule has 5 heterocycles. The Kier molecular flexibility index (Phi) is 7.51. The van der Waals surface area contributed by atoms with Gasteiger partial charge < -0.3 is 19.4 Å². The lowest BCUT2D eigenvalue weighted by Gasteiger charge is -2.26. The fraction of sp³-hybridized carbons (Fsp3) is 0.231. The molecule has 1 fully saturated rings. The zero-order valence-corrected chi connectivity index (χ0v) is 23.3. The van der Waals surface area contributed by atoms with Gasteiger partial charge in [-0.05, 0) is 30.3 Å². The summed E-state index contributed by atoms with van der Waals surface area (Å²) in [6.45, 7) is 1.13. The second-order valence-corrected chi connectivity index (χ2v) is 10.8. The van der Waals surface area contributed by atoms with Gasteiger partial charge in [-0.25, -0.2) is 28.9 Å². The van der Waals surface area contributed by atoms with Gasteiger partial charge >= 0.3 is 19.7 Å². The first-order valence-corrected chi connectivity index (χ1v) is 14.4. The average molecular weight is 631 g/mol. The summed E-state index contributed by atoms with van der Waals surface area (Å²) < 4.78 is 63.1. The lowest BCUT2D eigenvalue weighted by atomic mass is 10.1. The molecule has 228 valence electrons. The molecule has 44 heavy (non-hydrogen) atoms. The first kappa shape index (κ1) is 29.5. The molecule has 6 rings (SSSR count). The predicted molar refractivity (Wildman–Crippen MR) is 149 cm³/mol. The number of nitrogens with zero attached hydrogens (tertiary/aromatic N) is 7. The molecule has 0 saturated carbocycles. The number of pyridine rings is 2. The second kappa shape index (κ2) is 11.2. The minimum atomic E-state index is -5.15. The number of phosphoric ester groups is 1. The number of phosphoric acid groups is 1. The highest BCUT2D eigenvalue weighted by Crippen LogP contribution is 2.36. The van der Waals surface area contributed by atoms with Gasteiger partial charge in [0.1, 0.15) is 12.2 Å². The van der Waals surface area contributed by atoms with Gasteiger partial charge in [0, 0.05) is 37.2 Å². The predicted octanol–water partition coefficient (Wildman–Crippen LogP) is 2.47. The lowest BCUT2D eigenvalue weighted by molar-refractivity contribution is -0.137. The van der Waals surface area contributed by atoms with Crippen LogP contribution in [0.1, 0.15) is 5.56 Å². The Balaban J connectivity index is 1.58. The molecular weight excluding hydrogens is 610 g/mol. The Hall–Kier alpha value is -4.54. The number of hydrogen-bond acceptors (Lipinski definition) is 10. The van der Waals surface area contributed by atoms with Crippen LogP contribution in [0.5, 0.6) is 0 Å². The molecule has 1 saturated heterocycles. The maximum atomic E-state index is 13.7. The van der Waals surface area contributed by atoms with Crippen molar-refractivity contribution in [2.75, 3.05) is 31.2 Å². The zero-order valence-electron chi connectivity index (χ0n) is 22.4. The molecule has 4 aromatic heterocycles. The van der Waals surface area contributed by atoms with Crippen molar-refractivity contribution in [1.29, 1.82) is 0 Å². The monoisotopic (exact) mass is 631 g/mol. The van der Waals surface area contributed by atoms with Crippen LogP contribution in [0.15, 0.2) is 64.6 Å². The number of rotatable bonds is 6.